The molecule has 1 aliphatic heterocycles. The summed E-state index contributed by atoms with van der Waals surface area (Å²) in [4.78, 5) is 31.2. The van der Waals surface area contributed by atoms with Gasteiger partial charge in [0, 0.05) is 32.1 Å². The Balaban J connectivity index is 1.67. The van der Waals surface area contributed by atoms with Gasteiger partial charge in [-0.2, -0.15) is 0 Å². The minimum absolute atomic E-state index is 0.0578. The van der Waals surface area contributed by atoms with Crippen molar-refractivity contribution in [3.63, 3.8) is 0 Å². The fourth-order valence-corrected chi connectivity index (χ4v) is 3.39. The number of carbonyl (C=O) groups is 1. The van der Waals surface area contributed by atoms with Crippen LogP contribution in [0.25, 0.3) is 10.2 Å². The van der Waals surface area contributed by atoms with Gasteiger partial charge in [-0.3, -0.25) is 14.2 Å². The molecule has 0 aliphatic carbocycles. The van der Waals surface area contributed by atoms with Crippen LogP contribution in [0.5, 0.6) is 0 Å². The molecule has 0 spiro atoms. The lowest BCUT2D eigenvalue weighted by Gasteiger charge is -2.30. The summed E-state index contributed by atoms with van der Waals surface area (Å²) in [5.41, 5.74) is 5.81. The highest BCUT2D eigenvalue weighted by Gasteiger charge is 2.21. The summed E-state index contributed by atoms with van der Waals surface area (Å²) < 4.78 is 1.51. The number of nitrogens with two attached hydrogens (primary N) is 1. The molecule has 3 heterocycles. The quantitative estimate of drug-likeness (QED) is 0.909. The summed E-state index contributed by atoms with van der Waals surface area (Å²) in [5.74, 6) is 0.0578. The number of hydrogen-bond acceptors (Lipinski definition) is 5. The Morgan fingerprint density at radius 1 is 1.52 bits per heavy atom. The number of likely N-dealkylation sites (tertiary alicyclic amines) is 1. The first-order valence-electron chi connectivity index (χ1n) is 7.11. The standard InChI is InChI=1S/C14H18N4O2S/c15-10-2-1-5-17(8-10)12(19)3-6-18-9-16-13-11(14(18)20)4-7-21-13/h4,7,9-10H,1-3,5-6,8,15H2. The highest BCUT2D eigenvalue weighted by atomic mass is 32.1. The Labute approximate surface area is 126 Å². The van der Waals surface area contributed by atoms with Gasteiger partial charge >= 0.3 is 0 Å². The fourth-order valence-electron chi connectivity index (χ4n) is 2.66. The van der Waals surface area contributed by atoms with Crippen LogP contribution < -0.4 is 11.3 Å². The van der Waals surface area contributed by atoms with Crippen molar-refractivity contribution in [2.75, 3.05) is 13.1 Å². The van der Waals surface area contributed by atoms with Gasteiger partial charge in [0.25, 0.3) is 5.56 Å². The number of rotatable bonds is 3. The van der Waals surface area contributed by atoms with Crippen LogP contribution in [-0.2, 0) is 11.3 Å². The van der Waals surface area contributed by atoms with Crippen LogP contribution in [0, 0.1) is 0 Å². The number of aromatic nitrogens is 2. The van der Waals surface area contributed by atoms with E-state index in [1.165, 1.54) is 22.2 Å². The van der Waals surface area contributed by atoms with Crippen LogP contribution in [-0.4, -0.2) is 39.5 Å². The molecular formula is C14H18N4O2S. The van der Waals surface area contributed by atoms with Crippen LogP contribution in [0.1, 0.15) is 19.3 Å². The van der Waals surface area contributed by atoms with E-state index in [2.05, 4.69) is 4.98 Å². The summed E-state index contributed by atoms with van der Waals surface area (Å²) in [7, 11) is 0. The van der Waals surface area contributed by atoms with Crippen molar-refractivity contribution in [3.8, 4) is 0 Å². The zero-order valence-electron chi connectivity index (χ0n) is 11.7. The predicted molar refractivity (Wildman–Crippen MR) is 82.3 cm³/mol. The molecule has 0 saturated carbocycles. The van der Waals surface area contributed by atoms with Crippen molar-refractivity contribution in [3.05, 3.63) is 28.1 Å². The Hall–Kier alpha value is -1.73. The second-order valence-electron chi connectivity index (χ2n) is 5.37. The molecule has 0 bridgehead atoms. The molecule has 2 N–H and O–H groups in total. The summed E-state index contributed by atoms with van der Waals surface area (Å²) in [6.07, 6.45) is 3.76. The Morgan fingerprint density at radius 2 is 2.38 bits per heavy atom. The van der Waals surface area contributed by atoms with E-state index in [-0.39, 0.29) is 17.5 Å². The maximum absolute atomic E-state index is 12.2. The Bertz CT molecular complexity index is 708. The smallest absolute Gasteiger partial charge is 0.262 e. The molecule has 2 aromatic rings. The highest BCUT2D eigenvalue weighted by Crippen LogP contribution is 2.14. The third-order valence-corrected chi connectivity index (χ3v) is 4.65. The number of piperidine rings is 1. The fraction of sp³-hybridized carbons (Fsp3) is 0.500. The number of hydrogen-bond donors (Lipinski definition) is 1. The minimum Gasteiger partial charge on any atom is -0.341 e. The molecule has 112 valence electrons. The molecule has 2 aromatic heterocycles. The van der Waals surface area contributed by atoms with Crippen LogP contribution in [0.2, 0.25) is 0 Å². The molecule has 1 saturated heterocycles. The SMILES string of the molecule is NC1CCCN(C(=O)CCn2cnc3sccc3c2=O)C1. The first-order valence-corrected chi connectivity index (χ1v) is 7.99. The minimum atomic E-state index is -0.0793. The van der Waals surface area contributed by atoms with E-state index in [0.29, 0.717) is 24.9 Å². The monoisotopic (exact) mass is 306 g/mol. The molecule has 7 heteroatoms. The van der Waals surface area contributed by atoms with Crippen LogP contribution in [0.4, 0.5) is 0 Å². The molecule has 0 radical (unpaired) electrons. The maximum Gasteiger partial charge on any atom is 0.262 e. The van der Waals surface area contributed by atoms with E-state index < -0.39 is 0 Å². The molecule has 1 atom stereocenters. The number of amides is 1. The van der Waals surface area contributed by atoms with Gasteiger partial charge in [0.15, 0.2) is 0 Å². The van der Waals surface area contributed by atoms with Gasteiger partial charge in [-0.1, -0.05) is 0 Å². The largest absolute Gasteiger partial charge is 0.341 e. The third-order valence-electron chi connectivity index (χ3n) is 3.83. The second kappa shape index (κ2) is 5.95. The maximum atomic E-state index is 12.2. The van der Waals surface area contributed by atoms with Gasteiger partial charge in [-0.25, -0.2) is 4.98 Å². The topological polar surface area (TPSA) is 81.2 Å². The summed E-state index contributed by atoms with van der Waals surface area (Å²) in [6.45, 7) is 1.75. The van der Waals surface area contributed by atoms with E-state index in [1.807, 2.05) is 5.38 Å². The van der Waals surface area contributed by atoms with Crippen molar-refractivity contribution < 1.29 is 4.79 Å². The molecule has 1 unspecified atom stereocenters. The summed E-state index contributed by atoms with van der Waals surface area (Å²) >= 11 is 1.44. The molecule has 21 heavy (non-hydrogen) atoms. The van der Waals surface area contributed by atoms with Crippen molar-refractivity contribution in [1.82, 2.24) is 14.5 Å². The van der Waals surface area contributed by atoms with E-state index in [4.69, 9.17) is 5.73 Å². The van der Waals surface area contributed by atoms with Crippen LogP contribution in [0.3, 0.4) is 0 Å². The van der Waals surface area contributed by atoms with Gasteiger partial charge in [0.2, 0.25) is 5.91 Å². The number of thiophene rings is 1. The molecule has 0 aromatic carbocycles. The predicted octanol–water partition coefficient (Wildman–Crippen LogP) is 0.798. The van der Waals surface area contributed by atoms with Gasteiger partial charge in [-0.05, 0) is 24.3 Å². The zero-order valence-corrected chi connectivity index (χ0v) is 12.5. The highest BCUT2D eigenvalue weighted by molar-refractivity contribution is 7.16. The lowest BCUT2D eigenvalue weighted by atomic mass is 10.1. The Kier molecular flexibility index (Phi) is 4.03. The van der Waals surface area contributed by atoms with E-state index in [1.54, 1.807) is 11.0 Å². The first kappa shape index (κ1) is 14.2. The average Bonchev–Trinajstić information content (AvgIpc) is 2.95. The van der Waals surface area contributed by atoms with Crippen molar-refractivity contribution in [1.29, 1.82) is 0 Å². The molecule has 1 amide bonds. The molecule has 1 aliphatic rings. The van der Waals surface area contributed by atoms with Crippen LogP contribution in [0.15, 0.2) is 22.6 Å². The third kappa shape index (κ3) is 2.98. The number of fused-ring (bicyclic) bond motifs is 1. The van der Waals surface area contributed by atoms with E-state index in [0.717, 1.165) is 24.2 Å². The lowest BCUT2D eigenvalue weighted by Crippen LogP contribution is -2.46. The summed E-state index contributed by atoms with van der Waals surface area (Å²) in [5, 5.41) is 2.47. The number of aryl methyl sites for hydroxylation is 1. The average molecular weight is 306 g/mol. The van der Waals surface area contributed by atoms with Crippen molar-refractivity contribution in [2.24, 2.45) is 5.73 Å². The van der Waals surface area contributed by atoms with Gasteiger partial charge < -0.3 is 10.6 Å². The first-order chi connectivity index (χ1) is 10.1. The number of nitrogens with zero attached hydrogens (tertiary/aromatic N) is 3. The molecule has 6 nitrogen and oxygen atoms in total. The molecular weight excluding hydrogens is 288 g/mol. The zero-order chi connectivity index (χ0) is 14.8. The van der Waals surface area contributed by atoms with E-state index >= 15 is 0 Å². The van der Waals surface area contributed by atoms with Gasteiger partial charge in [0.1, 0.15) is 4.83 Å². The normalized spacial score (nSPS) is 19.1. The van der Waals surface area contributed by atoms with E-state index in [9.17, 15) is 9.59 Å². The lowest BCUT2D eigenvalue weighted by molar-refractivity contribution is -0.132. The second-order valence-corrected chi connectivity index (χ2v) is 6.27. The molecule has 3 rings (SSSR count). The van der Waals surface area contributed by atoms with Crippen molar-refractivity contribution >= 4 is 27.5 Å². The van der Waals surface area contributed by atoms with Crippen LogP contribution >= 0.6 is 11.3 Å². The Morgan fingerprint density at radius 3 is 3.19 bits per heavy atom. The summed E-state index contributed by atoms with van der Waals surface area (Å²) in [6, 6.07) is 1.85. The van der Waals surface area contributed by atoms with Gasteiger partial charge in [0.05, 0.1) is 11.7 Å². The van der Waals surface area contributed by atoms with Crippen molar-refractivity contribution in [2.45, 2.75) is 31.8 Å². The van der Waals surface area contributed by atoms with Gasteiger partial charge in [-0.15, -0.1) is 11.3 Å². The number of carbonyl (C=O) groups excluding carboxylic acids is 1. The molecule has 1 fully saturated rings.